The minimum atomic E-state index is 0. The van der Waals surface area contributed by atoms with E-state index in [0.717, 1.165) is 18.7 Å². The van der Waals surface area contributed by atoms with Crippen molar-refractivity contribution in [1.29, 1.82) is 0 Å². The third-order valence-corrected chi connectivity index (χ3v) is 3.99. The van der Waals surface area contributed by atoms with Crippen molar-refractivity contribution in [2.75, 3.05) is 13.2 Å². The van der Waals surface area contributed by atoms with E-state index in [9.17, 15) is 4.79 Å². The first-order valence-corrected chi connectivity index (χ1v) is 8.35. The van der Waals surface area contributed by atoms with Gasteiger partial charge in [-0.15, -0.1) is 0 Å². The molecule has 0 aromatic heterocycles. The van der Waals surface area contributed by atoms with Crippen LogP contribution in [0.4, 0.5) is 5.69 Å². The molecule has 1 aromatic carbocycles. The zero-order valence-corrected chi connectivity index (χ0v) is 17.0. The number of hydrogen-bond donors (Lipinski definition) is 2. The summed E-state index contributed by atoms with van der Waals surface area (Å²) in [6.07, 6.45) is 1.40. The van der Waals surface area contributed by atoms with Crippen molar-refractivity contribution in [2.45, 2.75) is 59.5 Å². The smallest absolute Gasteiger partial charge is 0.191 e. The van der Waals surface area contributed by atoms with Gasteiger partial charge in [-0.05, 0) is 40.2 Å². The minimum Gasteiger partial charge on any atom is -1.00 e. The first kappa shape index (κ1) is 25.4. The first-order valence-electron chi connectivity index (χ1n) is 8.35. The second kappa shape index (κ2) is 12.5. The summed E-state index contributed by atoms with van der Waals surface area (Å²) in [5, 5.41) is 0. The number of halogens is 2. The molecule has 0 atom stereocenters. The highest BCUT2D eigenvalue weighted by Crippen LogP contribution is 2.26. The Bertz CT molecular complexity index is 486. The van der Waals surface area contributed by atoms with Gasteiger partial charge in [-0.3, -0.25) is 4.79 Å². The monoisotopic (exact) mass is 378 g/mol. The number of ketones is 1. The van der Waals surface area contributed by atoms with Crippen LogP contribution in [-0.2, 0) is 0 Å². The number of carbonyl (C=O) groups excluding carboxylic acids is 1. The van der Waals surface area contributed by atoms with Crippen LogP contribution in [0.25, 0.3) is 0 Å². The maximum atomic E-state index is 12.2. The zero-order chi connectivity index (χ0) is 16.7. The zero-order valence-electron chi connectivity index (χ0n) is 15.5. The number of hydrogen-bond acceptors (Lipinski definition) is 2. The maximum Gasteiger partial charge on any atom is 0.191 e. The Hall–Kier alpha value is -0.810. The van der Waals surface area contributed by atoms with E-state index >= 15 is 0 Å². The summed E-state index contributed by atoms with van der Waals surface area (Å²) in [4.78, 5) is 13.7. The minimum absolute atomic E-state index is 0. The van der Waals surface area contributed by atoms with Gasteiger partial charge >= 0.3 is 0 Å². The molecule has 0 saturated carbocycles. The molecule has 0 spiro atoms. The van der Waals surface area contributed by atoms with E-state index in [1.54, 1.807) is 0 Å². The number of benzene rings is 1. The van der Waals surface area contributed by atoms with Crippen LogP contribution in [0.2, 0.25) is 0 Å². The molecule has 1 aromatic rings. The molecule has 0 unspecified atom stereocenters. The largest absolute Gasteiger partial charge is 1.00 e. The van der Waals surface area contributed by atoms with E-state index in [0.29, 0.717) is 36.4 Å². The van der Waals surface area contributed by atoms with Gasteiger partial charge in [0.25, 0.3) is 0 Å². The lowest BCUT2D eigenvalue weighted by atomic mass is 10.0. The molecule has 140 valence electrons. The van der Waals surface area contributed by atoms with Gasteiger partial charge < -0.3 is 40.2 Å². The molecule has 6 heteroatoms. The third-order valence-electron chi connectivity index (χ3n) is 3.99. The van der Waals surface area contributed by atoms with Crippen molar-refractivity contribution in [3.05, 3.63) is 23.8 Å². The number of ether oxygens (including phenoxy) is 1. The molecule has 0 amide bonds. The Morgan fingerprint density at radius 3 is 2.25 bits per heavy atom. The van der Waals surface area contributed by atoms with Gasteiger partial charge in [-0.2, -0.15) is 0 Å². The van der Waals surface area contributed by atoms with Crippen LogP contribution in [0.3, 0.4) is 0 Å². The van der Waals surface area contributed by atoms with Crippen LogP contribution < -0.4 is 40.2 Å². The molecule has 4 nitrogen and oxygen atoms in total. The Morgan fingerprint density at radius 1 is 1.17 bits per heavy atom. The van der Waals surface area contributed by atoms with Gasteiger partial charge in [0.2, 0.25) is 0 Å². The van der Waals surface area contributed by atoms with Crippen molar-refractivity contribution in [3.63, 3.8) is 0 Å². The summed E-state index contributed by atoms with van der Waals surface area (Å²) in [6, 6.07) is 6.72. The molecule has 0 aliphatic carbocycles. The SMILES string of the molecule is CCCC(=O)c1cccc([NH3+])c1OCC[NH+](C(C)C)C(C)C.[Cl-].[Cl-]. The van der Waals surface area contributed by atoms with E-state index in [4.69, 9.17) is 4.74 Å². The van der Waals surface area contributed by atoms with Gasteiger partial charge in [0.1, 0.15) is 13.2 Å². The van der Waals surface area contributed by atoms with Crippen molar-refractivity contribution in [1.82, 2.24) is 0 Å². The van der Waals surface area contributed by atoms with Crippen LogP contribution in [0.5, 0.6) is 5.75 Å². The van der Waals surface area contributed by atoms with Crippen molar-refractivity contribution >= 4 is 11.5 Å². The van der Waals surface area contributed by atoms with Crippen LogP contribution in [-0.4, -0.2) is 31.0 Å². The Kier molecular flexibility index (Phi) is 13.3. The molecule has 24 heavy (non-hydrogen) atoms. The van der Waals surface area contributed by atoms with Crippen LogP contribution in [0, 0.1) is 0 Å². The maximum absolute atomic E-state index is 12.2. The number of quaternary nitrogens is 2. The van der Waals surface area contributed by atoms with Crippen LogP contribution in [0.15, 0.2) is 18.2 Å². The number of Topliss-reactive ketones (excluding diaryl/α,β-unsaturated/α-hetero) is 1. The van der Waals surface area contributed by atoms with E-state index < -0.39 is 0 Å². The van der Waals surface area contributed by atoms with Gasteiger partial charge in [-0.25, -0.2) is 0 Å². The summed E-state index contributed by atoms with van der Waals surface area (Å²) < 4.78 is 5.96. The second-order valence-electron chi connectivity index (χ2n) is 6.45. The molecule has 0 heterocycles. The number of nitrogens with one attached hydrogen (secondary N) is 1. The normalized spacial score (nSPS) is 10.5. The molecule has 0 saturated heterocycles. The predicted octanol–water partition coefficient (Wildman–Crippen LogP) is -4.37. The van der Waals surface area contributed by atoms with Gasteiger partial charge in [-0.1, -0.05) is 13.0 Å². The number of para-hydroxylation sites is 1. The average Bonchev–Trinajstić information content (AvgIpc) is 2.44. The molecule has 0 bridgehead atoms. The quantitative estimate of drug-likeness (QED) is 0.426. The predicted molar refractivity (Wildman–Crippen MR) is 89.8 cm³/mol. The molecule has 4 N–H and O–H groups in total. The van der Waals surface area contributed by atoms with E-state index in [2.05, 4.69) is 33.4 Å². The number of rotatable bonds is 9. The summed E-state index contributed by atoms with van der Waals surface area (Å²) >= 11 is 0. The summed E-state index contributed by atoms with van der Waals surface area (Å²) in [5.74, 6) is 0.799. The molecule has 0 fully saturated rings. The Morgan fingerprint density at radius 2 is 1.75 bits per heavy atom. The standard InChI is InChI=1S/C18H30N2O2.2ClH/c1-6-8-17(21)15-9-7-10-16(19)18(15)22-12-11-20(13(2)3)14(4)5;;/h7,9-10,13-14H,6,8,11-12,19H2,1-5H3;2*1H. The van der Waals surface area contributed by atoms with Crippen molar-refractivity contribution < 1.29 is 45.0 Å². The van der Waals surface area contributed by atoms with Crippen molar-refractivity contribution in [2.24, 2.45) is 0 Å². The summed E-state index contributed by atoms with van der Waals surface area (Å²) in [6.45, 7) is 12.4. The first-order chi connectivity index (χ1) is 10.4. The lowest BCUT2D eigenvalue weighted by molar-refractivity contribution is -0.942. The topological polar surface area (TPSA) is 58.4 Å². The average molecular weight is 379 g/mol. The highest BCUT2D eigenvalue weighted by molar-refractivity contribution is 5.99. The number of carbonyl (C=O) groups is 1. The Balaban J connectivity index is 0. The van der Waals surface area contributed by atoms with Crippen LogP contribution in [0.1, 0.15) is 57.8 Å². The van der Waals surface area contributed by atoms with E-state index in [1.807, 2.05) is 25.1 Å². The fraction of sp³-hybridized carbons (Fsp3) is 0.611. The Labute approximate surface area is 158 Å². The van der Waals surface area contributed by atoms with E-state index in [1.165, 1.54) is 4.90 Å². The van der Waals surface area contributed by atoms with E-state index in [-0.39, 0.29) is 30.6 Å². The highest BCUT2D eigenvalue weighted by atomic mass is 35.5. The fourth-order valence-corrected chi connectivity index (χ4v) is 2.85. The molecular weight excluding hydrogens is 347 g/mol. The molecular formula is C18H32Cl2N2O2. The lowest BCUT2D eigenvalue weighted by Crippen LogP contribution is -3.18. The molecule has 0 aliphatic heterocycles. The van der Waals surface area contributed by atoms with Crippen molar-refractivity contribution in [3.8, 4) is 5.75 Å². The molecule has 0 radical (unpaired) electrons. The molecule has 0 aliphatic rings. The highest BCUT2D eigenvalue weighted by Gasteiger charge is 2.19. The van der Waals surface area contributed by atoms with Gasteiger partial charge in [0.15, 0.2) is 17.2 Å². The summed E-state index contributed by atoms with van der Waals surface area (Å²) in [5.41, 5.74) is 5.47. The second-order valence-corrected chi connectivity index (χ2v) is 6.45. The molecule has 1 rings (SSSR count). The lowest BCUT2D eigenvalue weighted by Gasteiger charge is -2.27. The van der Waals surface area contributed by atoms with Gasteiger partial charge in [0.05, 0.1) is 17.6 Å². The third kappa shape index (κ3) is 7.39. The fourth-order valence-electron chi connectivity index (χ4n) is 2.85. The van der Waals surface area contributed by atoms with Crippen LogP contribution >= 0.6 is 0 Å². The van der Waals surface area contributed by atoms with Gasteiger partial charge in [0, 0.05) is 12.5 Å². The summed E-state index contributed by atoms with van der Waals surface area (Å²) in [7, 11) is 0.